The molecule has 0 aliphatic carbocycles. The van der Waals surface area contributed by atoms with E-state index in [9.17, 15) is 13.6 Å². The second-order valence-corrected chi connectivity index (χ2v) is 1.39. The molecule has 0 atom stereocenters. The van der Waals surface area contributed by atoms with Crippen molar-refractivity contribution in [3.8, 4) is 0 Å². The van der Waals surface area contributed by atoms with Crippen molar-refractivity contribution in [1.82, 2.24) is 0 Å². The van der Waals surface area contributed by atoms with Crippen molar-refractivity contribution in [2.24, 2.45) is 0 Å². The zero-order valence-electron chi connectivity index (χ0n) is 5.75. The molecule has 6 heteroatoms. The Morgan fingerprint density at radius 3 is 1.55 bits per heavy atom. The lowest BCUT2D eigenvalue weighted by Crippen LogP contribution is -2.06. The van der Waals surface area contributed by atoms with Crippen molar-refractivity contribution >= 4 is 11.9 Å². The number of carboxylic acid groups (broad SMARTS) is 2. The summed E-state index contributed by atoms with van der Waals surface area (Å²) in [6.45, 7) is 1.60. The van der Waals surface area contributed by atoms with Crippen molar-refractivity contribution < 1.29 is 28.6 Å². The van der Waals surface area contributed by atoms with Gasteiger partial charge in [-0.1, -0.05) is 6.92 Å². The first-order chi connectivity index (χ1) is 4.91. The predicted octanol–water partition coefficient (Wildman–Crippen LogP) is 0.817. The third-order valence-corrected chi connectivity index (χ3v) is 0.489. The van der Waals surface area contributed by atoms with Gasteiger partial charge in [-0.25, -0.2) is 4.79 Å². The zero-order chi connectivity index (χ0) is 9.44. The van der Waals surface area contributed by atoms with E-state index in [1.165, 1.54) is 0 Å². The van der Waals surface area contributed by atoms with Gasteiger partial charge in [-0.3, -0.25) is 4.79 Å². The highest BCUT2D eigenvalue weighted by atomic mass is 19.3. The molecule has 2 N–H and O–H groups in total. The van der Waals surface area contributed by atoms with Gasteiger partial charge < -0.3 is 10.2 Å². The van der Waals surface area contributed by atoms with Crippen molar-refractivity contribution in [3.05, 3.63) is 0 Å². The third kappa shape index (κ3) is 17.7. The van der Waals surface area contributed by atoms with Crippen LogP contribution in [0, 0.1) is 0 Å². The average Bonchev–Trinajstić information content (AvgIpc) is 1.89. The molecule has 66 valence electrons. The fraction of sp³-hybridized carbons (Fsp3) is 0.600. The summed E-state index contributed by atoms with van der Waals surface area (Å²) < 4.78 is 21.1. The van der Waals surface area contributed by atoms with E-state index >= 15 is 0 Å². The van der Waals surface area contributed by atoms with Gasteiger partial charge in [0.05, 0.1) is 0 Å². The molecule has 0 bridgehead atoms. The molecule has 0 rings (SSSR count). The number of aliphatic carboxylic acids is 2. The first-order valence-corrected chi connectivity index (χ1v) is 2.64. The van der Waals surface area contributed by atoms with E-state index in [2.05, 4.69) is 0 Å². The first-order valence-electron chi connectivity index (χ1n) is 2.64. The van der Waals surface area contributed by atoms with E-state index < -0.39 is 18.4 Å². The maximum absolute atomic E-state index is 10.6. The maximum atomic E-state index is 10.6. The number of rotatable bonds is 2. The van der Waals surface area contributed by atoms with Crippen molar-refractivity contribution in [2.45, 2.75) is 19.8 Å². The molecule has 0 aliphatic rings. The molecule has 0 radical (unpaired) electrons. The normalized spacial score (nSPS) is 8.36. The van der Waals surface area contributed by atoms with Gasteiger partial charge in [0.25, 0.3) is 0 Å². The summed E-state index contributed by atoms with van der Waals surface area (Å²) >= 11 is 0. The van der Waals surface area contributed by atoms with Gasteiger partial charge in [-0.15, -0.1) is 0 Å². The van der Waals surface area contributed by atoms with Crippen molar-refractivity contribution in [3.63, 3.8) is 0 Å². The van der Waals surface area contributed by atoms with Crippen LogP contribution in [0.25, 0.3) is 0 Å². The number of halogens is 2. The fourth-order valence-electron chi connectivity index (χ4n) is 0. The lowest BCUT2D eigenvalue weighted by molar-refractivity contribution is -0.149. The second-order valence-electron chi connectivity index (χ2n) is 1.39. The summed E-state index contributed by atoms with van der Waals surface area (Å²) in [6.07, 6.45) is -3.01. The minimum absolute atomic E-state index is 0.222. The molecule has 0 saturated carbocycles. The van der Waals surface area contributed by atoms with Crippen LogP contribution in [0.5, 0.6) is 0 Å². The molecule has 0 aliphatic heterocycles. The van der Waals surface area contributed by atoms with Crippen molar-refractivity contribution in [2.75, 3.05) is 0 Å². The number of alkyl halides is 2. The van der Waals surface area contributed by atoms with Gasteiger partial charge in [0.15, 0.2) is 0 Å². The minimum Gasteiger partial charge on any atom is -0.481 e. The molecule has 0 aromatic carbocycles. The standard InChI is InChI=1S/C3H6O2.C2H2F2O2/c1-2-3(4)5;3-1(4)2(5)6/h2H2,1H3,(H,4,5);1H,(H,5,6). The fourth-order valence-corrected chi connectivity index (χ4v) is 0. The minimum atomic E-state index is -3.23. The van der Waals surface area contributed by atoms with Crippen LogP contribution >= 0.6 is 0 Å². The molecule has 4 nitrogen and oxygen atoms in total. The Morgan fingerprint density at radius 2 is 1.55 bits per heavy atom. The van der Waals surface area contributed by atoms with Crippen LogP contribution in [0.1, 0.15) is 13.3 Å². The SMILES string of the molecule is CCC(=O)O.O=C(O)C(F)F. The molecule has 0 saturated heterocycles. The first kappa shape index (κ1) is 12.5. The summed E-state index contributed by atoms with van der Waals surface area (Å²) in [5.41, 5.74) is 0. The maximum Gasteiger partial charge on any atom is 0.371 e. The lowest BCUT2D eigenvalue weighted by atomic mass is 10.5. The van der Waals surface area contributed by atoms with Crippen LogP contribution in [-0.4, -0.2) is 28.6 Å². The quantitative estimate of drug-likeness (QED) is 0.643. The van der Waals surface area contributed by atoms with Gasteiger partial charge in [-0.05, 0) is 0 Å². The van der Waals surface area contributed by atoms with Crippen LogP contribution in [0.4, 0.5) is 8.78 Å². The second kappa shape index (κ2) is 6.91. The van der Waals surface area contributed by atoms with Crippen LogP contribution < -0.4 is 0 Å². The topological polar surface area (TPSA) is 74.6 Å². The van der Waals surface area contributed by atoms with Gasteiger partial charge >= 0.3 is 18.4 Å². The highest BCUT2D eigenvalue weighted by Gasteiger charge is 2.10. The van der Waals surface area contributed by atoms with E-state index in [4.69, 9.17) is 15.0 Å². The molecule has 0 amide bonds. The molecule has 0 heterocycles. The van der Waals surface area contributed by atoms with Crippen LogP contribution in [0.3, 0.4) is 0 Å². The third-order valence-electron chi connectivity index (χ3n) is 0.489. The molecule has 0 fully saturated rings. The van der Waals surface area contributed by atoms with E-state index in [0.717, 1.165) is 0 Å². The van der Waals surface area contributed by atoms with E-state index in [-0.39, 0.29) is 6.42 Å². The molecule has 0 spiro atoms. The van der Waals surface area contributed by atoms with E-state index in [1.807, 2.05) is 0 Å². The molecule has 0 unspecified atom stereocenters. The van der Waals surface area contributed by atoms with Crippen molar-refractivity contribution in [1.29, 1.82) is 0 Å². The lowest BCUT2D eigenvalue weighted by Gasteiger charge is -1.81. The Kier molecular flexibility index (Phi) is 7.84. The number of hydrogen-bond donors (Lipinski definition) is 2. The largest absolute Gasteiger partial charge is 0.481 e. The predicted molar refractivity (Wildman–Crippen MR) is 31.6 cm³/mol. The summed E-state index contributed by atoms with van der Waals surface area (Å²) in [6, 6.07) is 0. The molecule has 0 aromatic rings. The Hall–Kier alpha value is -1.20. The Morgan fingerprint density at radius 1 is 1.36 bits per heavy atom. The Bertz CT molecular complexity index is 134. The Labute approximate surface area is 61.4 Å². The van der Waals surface area contributed by atoms with Gasteiger partial charge in [0.1, 0.15) is 0 Å². The van der Waals surface area contributed by atoms with Gasteiger partial charge in [0.2, 0.25) is 0 Å². The highest BCUT2D eigenvalue weighted by Crippen LogP contribution is 1.87. The van der Waals surface area contributed by atoms with Crippen LogP contribution in [0.15, 0.2) is 0 Å². The van der Waals surface area contributed by atoms with Crippen LogP contribution in [-0.2, 0) is 9.59 Å². The summed E-state index contributed by atoms with van der Waals surface area (Å²) in [5, 5.41) is 15.0. The monoisotopic (exact) mass is 170 g/mol. The van der Waals surface area contributed by atoms with Gasteiger partial charge in [-0.2, -0.15) is 8.78 Å². The molecule has 0 aromatic heterocycles. The highest BCUT2D eigenvalue weighted by molar-refractivity contribution is 5.70. The number of hydrogen-bond acceptors (Lipinski definition) is 2. The van der Waals surface area contributed by atoms with Crippen LogP contribution in [0.2, 0.25) is 0 Å². The average molecular weight is 170 g/mol. The summed E-state index contributed by atoms with van der Waals surface area (Å²) in [4.78, 5) is 18.3. The molecular formula is C5H8F2O4. The van der Waals surface area contributed by atoms with Gasteiger partial charge in [0, 0.05) is 6.42 Å². The zero-order valence-corrected chi connectivity index (χ0v) is 5.75. The molecule has 11 heavy (non-hydrogen) atoms. The number of carboxylic acids is 2. The van der Waals surface area contributed by atoms with E-state index in [0.29, 0.717) is 0 Å². The van der Waals surface area contributed by atoms with E-state index in [1.54, 1.807) is 6.92 Å². The summed E-state index contributed by atoms with van der Waals surface area (Å²) in [5.74, 6) is -2.82. The smallest absolute Gasteiger partial charge is 0.371 e. The number of carbonyl (C=O) groups is 2. The summed E-state index contributed by atoms with van der Waals surface area (Å²) in [7, 11) is 0. The molecular weight excluding hydrogens is 162 g/mol. The Balaban J connectivity index is 0.